The third kappa shape index (κ3) is 4.58. The second-order valence-corrected chi connectivity index (χ2v) is 6.51. The van der Waals surface area contributed by atoms with Crippen LogP contribution in [0, 0.1) is 0 Å². The molecular formula is C13H21N3O2S. The van der Waals surface area contributed by atoms with Gasteiger partial charge in [-0.15, -0.1) is 0 Å². The van der Waals surface area contributed by atoms with Crippen LogP contribution in [0.4, 0.5) is 0 Å². The lowest BCUT2D eigenvalue weighted by molar-refractivity contribution is 0.135. The van der Waals surface area contributed by atoms with Crippen LogP contribution < -0.4 is 9.86 Å². The summed E-state index contributed by atoms with van der Waals surface area (Å²) in [6.45, 7) is 3.91. The Labute approximate surface area is 115 Å². The topological polar surface area (TPSA) is 75.4 Å². The highest BCUT2D eigenvalue weighted by Crippen LogP contribution is 2.20. The molecule has 1 saturated heterocycles. The van der Waals surface area contributed by atoms with Gasteiger partial charge in [0.1, 0.15) is 0 Å². The predicted octanol–water partition coefficient (Wildman–Crippen LogP) is 0.833. The molecule has 1 aliphatic heterocycles. The standard InChI is InChI=1S/C13H21N3O2S/c1-11-9-13(15-19(14,17)18)7-8-16(11)10-12-5-3-2-4-6-12/h2-6,11,13,15H,7-10H2,1H3,(H2,14,17,18)/t11-,13-/m0/s1. The van der Waals surface area contributed by atoms with Crippen molar-refractivity contribution in [3.8, 4) is 0 Å². The second-order valence-electron chi connectivity index (χ2n) is 5.19. The van der Waals surface area contributed by atoms with Gasteiger partial charge in [0.05, 0.1) is 0 Å². The molecule has 0 saturated carbocycles. The van der Waals surface area contributed by atoms with Crippen LogP contribution in [-0.2, 0) is 16.8 Å². The van der Waals surface area contributed by atoms with Crippen LogP contribution >= 0.6 is 0 Å². The maximum absolute atomic E-state index is 11.0. The van der Waals surface area contributed by atoms with Crippen molar-refractivity contribution in [2.45, 2.75) is 38.4 Å². The van der Waals surface area contributed by atoms with Crippen LogP contribution in [0.2, 0.25) is 0 Å². The highest BCUT2D eigenvalue weighted by atomic mass is 32.2. The zero-order valence-electron chi connectivity index (χ0n) is 11.1. The molecule has 0 aromatic heterocycles. The van der Waals surface area contributed by atoms with E-state index in [1.54, 1.807) is 0 Å². The van der Waals surface area contributed by atoms with Crippen molar-refractivity contribution < 1.29 is 8.42 Å². The van der Waals surface area contributed by atoms with E-state index in [2.05, 4.69) is 28.7 Å². The first-order valence-corrected chi connectivity index (χ1v) is 8.07. The Morgan fingerprint density at radius 2 is 2.05 bits per heavy atom. The van der Waals surface area contributed by atoms with E-state index in [0.29, 0.717) is 6.04 Å². The third-order valence-electron chi connectivity index (χ3n) is 3.57. The minimum atomic E-state index is -3.59. The summed E-state index contributed by atoms with van der Waals surface area (Å²) in [5, 5.41) is 5.02. The average molecular weight is 283 g/mol. The van der Waals surface area contributed by atoms with Gasteiger partial charge >= 0.3 is 0 Å². The molecule has 1 aromatic rings. The van der Waals surface area contributed by atoms with E-state index >= 15 is 0 Å². The largest absolute Gasteiger partial charge is 0.296 e. The summed E-state index contributed by atoms with van der Waals surface area (Å²) in [5.74, 6) is 0. The number of hydrogen-bond acceptors (Lipinski definition) is 3. The van der Waals surface area contributed by atoms with Gasteiger partial charge in [0.15, 0.2) is 0 Å². The van der Waals surface area contributed by atoms with Crippen molar-refractivity contribution in [1.29, 1.82) is 0 Å². The lowest BCUT2D eigenvalue weighted by Crippen LogP contribution is -2.49. The Kier molecular flexibility index (Phi) is 4.57. The average Bonchev–Trinajstić information content (AvgIpc) is 2.32. The summed E-state index contributed by atoms with van der Waals surface area (Å²) in [4.78, 5) is 2.37. The highest BCUT2D eigenvalue weighted by molar-refractivity contribution is 7.87. The van der Waals surface area contributed by atoms with E-state index < -0.39 is 10.2 Å². The molecule has 0 radical (unpaired) electrons. The van der Waals surface area contributed by atoms with Gasteiger partial charge in [-0.2, -0.15) is 13.1 Å². The molecule has 0 bridgehead atoms. The first kappa shape index (κ1) is 14.5. The molecule has 0 unspecified atom stereocenters. The van der Waals surface area contributed by atoms with Crippen molar-refractivity contribution in [2.24, 2.45) is 5.14 Å². The maximum atomic E-state index is 11.0. The van der Waals surface area contributed by atoms with Gasteiger partial charge in [0.2, 0.25) is 0 Å². The number of likely N-dealkylation sites (tertiary alicyclic amines) is 1. The van der Waals surface area contributed by atoms with Gasteiger partial charge < -0.3 is 0 Å². The van der Waals surface area contributed by atoms with E-state index in [-0.39, 0.29) is 6.04 Å². The number of hydrogen-bond donors (Lipinski definition) is 2. The Morgan fingerprint density at radius 3 is 2.63 bits per heavy atom. The van der Waals surface area contributed by atoms with E-state index in [0.717, 1.165) is 25.9 Å². The number of nitrogens with two attached hydrogens (primary N) is 1. The Bertz CT molecular complexity index is 504. The van der Waals surface area contributed by atoms with Gasteiger partial charge in [-0.05, 0) is 25.3 Å². The molecule has 2 atom stereocenters. The zero-order chi connectivity index (χ0) is 13.9. The van der Waals surface area contributed by atoms with Crippen LogP contribution in [0.5, 0.6) is 0 Å². The summed E-state index contributed by atoms with van der Waals surface area (Å²) >= 11 is 0. The molecule has 3 N–H and O–H groups in total. The second kappa shape index (κ2) is 6.00. The number of nitrogens with zero attached hydrogens (tertiary/aromatic N) is 1. The summed E-state index contributed by atoms with van der Waals surface area (Å²) in [7, 11) is -3.59. The quantitative estimate of drug-likeness (QED) is 0.859. The number of nitrogens with one attached hydrogen (secondary N) is 1. The molecule has 1 heterocycles. The molecule has 1 aliphatic rings. The van der Waals surface area contributed by atoms with Crippen LogP contribution in [0.1, 0.15) is 25.3 Å². The van der Waals surface area contributed by atoms with Gasteiger partial charge in [-0.1, -0.05) is 30.3 Å². The molecule has 19 heavy (non-hydrogen) atoms. The van der Waals surface area contributed by atoms with Crippen molar-refractivity contribution >= 4 is 10.2 Å². The van der Waals surface area contributed by atoms with Crippen LogP contribution in [0.25, 0.3) is 0 Å². The lowest BCUT2D eigenvalue weighted by Gasteiger charge is -2.37. The number of rotatable bonds is 4. The molecule has 2 rings (SSSR count). The molecule has 0 spiro atoms. The SMILES string of the molecule is C[C@H]1C[C@@H](NS(N)(=O)=O)CCN1Cc1ccccc1. The smallest absolute Gasteiger partial charge is 0.274 e. The first-order valence-electron chi connectivity index (χ1n) is 6.52. The van der Waals surface area contributed by atoms with E-state index in [9.17, 15) is 8.42 Å². The Balaban J connectivity index is 1.90. The molecule has 0 aliphatic carbocycles. The van der Waals surface area contributed by atoms with Crippen molar-refractivity contribution in [3.63, 3.8) is 0 Å². The normalized spacial score (nSPS) is 25.4. The molecule has 0 amide bonds. The highest BCUT2D eigenvalue weighted by Gasteiger charge is 2.27. The maximum Gasteiger partial charge on any atom is 0.274 e. The number of piperidine rings is 1. The summed E-state index contributed by atoms with van der Waals surface area (Å²) in [6, 6.07) is 10.6. The summed E-state index contributed by atoms with van der Waals surface area (Å²) < 4.78 is 24.6. The monoisotopic (exact) mass is 283 g/mol. The van der Waals surface area contributed by atoms with Crippen LogP contribution in [0.15, 0.2) is 30.3 Å². The predicted molar refractivity (Wildman–Crippen MR) is 75.6 cm³/mol. The van der Waals surface area contributed by atoms with Crippen molar-refractivity contribution in [2.75, 3.05) is 6.54 Å². The van der Waals surface area contributed by atoms with Gasteiger partial charge in [-0.25, -0.2) is 5.14 Å². The lowest BCUT2D eigenvalue weighted by atomic mass is 9.98. The Morgan fingerprint density at radius 1 is 1.37 bits per heavy atom. The molecule has 106 valence electrons. The fraction of sp³-hybridized carbons (Fsp3) is 0.538. The van der Waals surface area contributed by atoms with E-state index in [1.807, 2.05) is 18.2 Å². The minimum absolute atomic E-state index is 0.0444. The van der Waals surface area contributed by atoms with Gasteiger partial charge in [0, 0.05) is 25.2 Å². The van der Waals surface area contributed by atoms with E-state index in [4.69, 9.17) is 5.14 Å². The van der Waals surface area contributed by atoms with Crippen molar-refractivity contribution in [3.05, 3.63) is 35.9 Å². The first-order chi connectivity index (χ1) is 8.94. The third-order valence-corrected chi connectivity index (χ3v) is 4.24. The zero-order valence-corrected chi connectivity index (χ0v) is 11.9. The molecular weight excluding hydrogens is 262 g/mol. The summed E-state index contributed by atoms with van der Waals surface area (Å²) in [5.41, 5.74) is 1.28. The molecule has 6 heteroatoms. The van der Waals surface area contributed by atoms with Gasteiger partial charge in [-0.3, -0.25) is 4.90 Å². The van der Waals surface area contributed by atoms with Gasteiger partial charge in [0.25, 0.3) is 10.2 Å². The molecule has 1 fully saturated rings. The Hall–Kier alpha value is -0.950. The fourth-order valence-corrected chi connectivity index (χ4v) is 3.29. The molecule has 5 nitrogen and oxygen atoms in total. The number of benzene rings is 1. The minimum Gasteiger partial charge on any atom is -0.296 e. The fourth-order valence-electron chi connectivity index (χ4n) is 2.61. The molecule has 1 aromatic carbocycles. The van der Waals surface area contributed by atoms with Crippen molar-refractivity contribution in [1.82, 2.24) is 9.62 Å². The van der Waals surface area contributed by atoms with E-state index in [1.165, 1.54) is 5.56 Å². The van der Waals surface area contributed by atoms with Crippen LogP contribution in [0.3, 0.4) is 0 Å². The summed E-state index contributed by atoms with van der Waals surface area (Å²) in [6.07, 6.45) is 1.59. The van der Waals surface area contributed by atoms with Crippen LogP contribution in [-0.4, -0.2) is 31.9 Å².